The highest BCUT2D eigenvalue weighted by atomic mass is 16.3. The summed E-state index contributed by atoms with van der Waals surface area (Å²) in [5.41, 5.74) is 0.0411. The first kappa shape index (κ1) is 17.1. The van der Waals surface area contributed by atoms with Gasteiger partial charge in [-0.1, -0.05) is 24.2 Å². The third kappa shape index (κ3) is 7.45. The highest BCUT2D eigenvalue weighted by Gasteiger charge is 2.20. The average Bonchev–Trinajstić information content (AvgIpc) is 2.34. The minimum Gasteiger partial charge on any atom is -0.314 e. The zero-order chi connectivity index (χ0) is 14.2. The van der Waals surface area contributed by atoms with Crippen LogP contribution in [-0.4, -0.2) is 37.8 Å². The van der Waals surface area contributed by atoms with Gasteiger partial charge in [-0.3, -0.25) is 0 Å². The Bertz CT molecular complexity index is 258. The first-order chi connectivity index (χ1) is 8.32. The number of hydrogen-bond acceptors (Lipinski definition) is 6. The Morgan fingerprint density at radius 3 is 2.17 bits per heavy atom. The minimum absolute atomic E-state index is 0.0411. The highest BCUT2D eigenvalue weighted by Crippen LogP contribution is 2.12. The smallest absolute Gasteiger partial charge is 0.104 e. The van der Waals surface area contributed by atoms with Gasteiger partial charge in [0.15, 0.2) is 0 Å². The number of nitrogens with one attached hydrogen (secondary N) is 2. The van der Waals surface area contributed by atoms with E-state index in [-0.39, 0.29) is 23.5 Å². The van der Waals surface area contributed by atoms with Crippen LogP contribution in [0, 0.1) is 15.2 Å². The van der Waals surface area contributed by atoms with Crippen molar-refractivity contribution in [2.24, 2.45) is 15.8 Å². The molecule has 0 spiro atoms. The first-order valence-electron chi connectivity index (χ1n) is 6.41. The summed E-state index contributed by atoms with van der Waals surface area (Å²) in [6.45, 7) is 11.9. The number of hydrogen-bond donors (Lipinski definition) is 2. The Morgan fingerprint density at radius 1 is 1.06 bits per heavy atom. The molecule has 6 nitrogen and oxygen atoms in total. The Labute approximate surface area is 109 Å². The van der Waals surface area contributed by atoms with E-state index in [9.17, 15) is 9.81 Å². The topological polar surface area (TPSA) is 82.9 Å². The predicted octanol–water partition coefficient (Wildman–Crippen LogP) is 1.89. The molecule has 0 aliphatic rings. The average molecular weight is 258 g/mol. The van der Waals surface area contributed by atoms with E-state index in [0.717, 1.165) is 13.1 Å². The Kier molecular flexibility index (Phi) is 7.86. The number of nitroso groups, excluding NO2 is 2. The molecule has 2 N–H and O–H groups in total. The van der Waals surface area contributed by atoms with Gasteiger partial charge in [-0.15, -0.1) is 0 Å². The van der Waals surface area contributed by atoms with Crippen LogP contribution in [-0.2, 0) is 0 Å². The molecule has 106 valence electrons. The Morgan fingerprint density at radius 2 is 1.67 bits per heavy atom. The second kappa shape index (κ2) is 8.26. The zero-order valence-corrected chi connectivity index (χ0v) is 12.1. The molecule has 0 aliphatic carbocycles. The summed E-state index contributed by atoms with van der Waals surface area (Å²) in [5.74, 6) is 0. The largest absolute Gasteiger partial charge is 0.314 e. The van der Waals surface area contributed by atoms with Crippen molar-refractivity contribution < 1.29 is 0 Å². The molecule has 0 aromatic carbocycles. The number of rotatable bonds is 10. The second-order valence-electron chi connectivity index (χ2n) is 5.77. The third-order valence-corrected chi connectivity index (χ3v) is 3.02. The van der Waals surface area contributed by atoms with Crippen LogP contribution in [0.4, 0.5) is 0 Å². The van der Waals surface area contributed by atoms with Gasteiger partial charge in [0, 0.05) is 25.7 Å². The maximum Gasteiger partial charge on any atom is 0.104 e. The van der Waals surface area contributed by atoms with Crippen LogP contribution in [0.1, 0.15) is 34.6 Å². The summed E-state index contributed by atoms with van der Waals surface area (Å²) in [6.07, 6.45) is 0. The summed E-state index contributed by atoms with van der Waals surface area (Å²) in [7, 11) is 0. The van der Waals surface area contributed by atoms with Crippen molar-refractivity contribution in [2.45, 2.75) is 52.7 Å². The Balaban J connectivity index is 3.92. The standard InChI is InChI=1S/C12H26N4O2/c1-9(15-17)6-13-7-12(4,5)8-14-10(2)11(3)16-18/h9-11,13-14H,6-8H2,1-5H3. The van der Waals surface area contributed by atoms with Crippen LogP contribution in [0.15, 0.2) is 10.4 Å². The molecule has 0 aromatic rings. The van der Waals surface area contributed by atoms with E-state index in [4.69, 9.17) is 0 Å². The molecule has 0 saturated carbocycles. The molecule has 0 heterocycles. The van der Waals surface area contributed by atoms with Crippen LogP contribution < -0.4 is 10.6 Å². The lowest BCUT2D eigenvalue weighted by atomic mass is 9.92. The molecule has 18 heavy (non-hydrogen) atoms. The fourth-order valence-corrected chi connectivity index (χ4v) is 1.42. The van der Waals surface area contributed by atoms with Crippen molar-refractivity contribution >= 4 is 0 Å². The van der Waals surface area contributed by atoms with Crippen molar-refractivity contribution in [1.82, 2.24) is 10.6 Å². The molecule has 0 radical (unpaired) electrons. The molecule has 0 rings (SSSR count). The van der Waals surface area contributed by atoms with E-state index < -0.39 is 0 Å². The molecule has 6 heteroatoms. The van der Waals surface area contributed by atoms with Crippen molar-refractivity contribution in [1.29, 1.82) is 0 Å². The van der Waals surface area contributed by atoms with Gasteiger partial charge < -0.3 is 10.6 Å². The molecule has 0 amide bonds. The van der Waals surface area contributed by atoms with Crippen molar-refractivity contribution in [3.63, 3.8) is 0 Å². The van der Waals surface area contributed by atoms with Gasteiger partial charge >= 0.3 is 0 Å². The molecular weight excluding hydrogens is 232 g/mol. The van der Waals surface area contributed by atoms with E-state index in [1.165, 1.54) is 0 Å². The van der Waals surface area contributed by atoms with Gasteiger partial charge in [-0.25, -0.2) is 0 Å². The van der Waals surface area contributed by atoms with Gasteiger partial charge in [0.1, 0.15) is 12.1 Å². The summed E-state index contributed by atoms with van der Waals surface area (Å²) in [5, 5.41) is 12.5. The summed E-state index contributed by atoms with van der Waals surface area (Å²) < 4.78 is 0. The quantitative estimate of drug-likeness (QED) is 0.586. The van der Waals surface area contributed by atoms with Crippen molar-refractivity contribution in [2.75, 3.05) is 19.6 Å². The number of nitrogens with zero attached hydrogens (tertiary/aromatic N) is 2. The van der Waals surface area contributed by atoms with E-state index in [2.05, 4.69) is 34.8 Å². The molecule has 3 unspecified atom stereocenters. The van der Waals surface area contributed by atoms with E-state index >= 15 is 0 Å². The van der Waals surface area contributed by atoms with Gasteiger partial charge in [0.2, 0.25) is 0 Å². The molecule has 0 fully saturated rings. The zero-order valence-electron chi connectivity index (χ0n) is 12.1. The fourth-order valence-electron chi connectivity index (χ4n) is 1.42. The van der Waals surface area contributed by atoms with E-state index in [1.54, 1.807) is 13.8 Å². The van der Waals surface area contributed by atoms with Crippen LogP contribution in [0.25, 0.3) is 0 Å². The van der Waals surface area contributed by atoms with Crippen LogP contribution >= 0.6 is 0 Å². The molecule has 0 aliphatic heterocycles. The minimum atomic E-state index is -0.229. The second-order valence-corrected chi connectivity index (χ2v) is 5.77. The highest BCUT2D eigenvalue weighted by molar-refractivity contribution is 4.80. The summed E-state index contributed by atoms with van der Waals surface area (Å²) in [6, 6.07) is -0.364. The predicted molar refractivity (Wildman–Crippen MR) is 74.6 cm³/mol. The van der Waals surface area contributed by atoms with Crippen LogP contribution in [0.2, 0.25) is 0 Å². The monoisotopic (exact) mass is 258 g/mol. The Hall–Kier alpha value is -0.880. The SMILES string of the molecule is CC(CNCC(C)(C)CNC(C)C(C)N=O)N=O. The fraction of sp³-hybridized carbons (Fsp3) is 1.00. The lowest BCUT2D eigenvalue weighted by Crippen LogP contribution is -2.44. The summed E-state index contributed by atoms with van der Waals surface area (Å²) >= 11 is 0. The van der Waals surface area contributed by atoms with Gasteiger partial charge in [-0.2, -0.15) is 9.81 Å². The van der Waals surface area contributed by atoms with Crippen LogP contribution in [0.3, 0.4) is 0 Å². The van der Waals surface area contributed by atoms with Crippen molar-refractivity contribution in [3.05, 3.63) is 9.81 Å². The van der Waals surface area contributed by atoms with Crippen LogP contribution in [0.5, 0.6) is 0 Å². The van der Waals surface area contributed by atoms with Gasteiger partial charge in [0.25, 0.3) is 0 Å². The molecule has 3 atom stereocenters. The molecule has 0 aromatic heterocycles. The van der Waals surface area contributed by atoms with E-state index in [1.807, 2.05) is 6.92 Å². The third-order valence-electron chi connectivity index (χ3n) is 3.02. The maximum atomic E-state index is 10.4. The lowest BCUT2D eigenvalue weighted by Gasteiger charge is -2.28. The molecular formula is C12H26N4O2. The maximum absolute atomic E-state index is 10.4. The van der Waals surface area contributed by atoms with Gasteiger partial charge in [-0.05, 0) is 26.2 Å². The molecule has 0 saturated heterocycles. The molecule has 0 bridgehead atoms. The normalized spacial score (nSPS) is 16.9. The van der Waals surface area contributed by atoms with E-state index in [0.29, 0.717) is 6.54 Å². The lowest BCUT2D eigenvalue weighted by molar-refractivity contribution is 0.297. The van der Waals surface area contributed by atoms with Crippen molar-refractivity contribution in [3.8, 4) is 0 Å². The van der Waals surface area contributed by atoms with Gasteiger partial charge in [0.05, 0.1) is 0 Å². The first-order valence-corrected chi connectivity index (χ1v) is 6.41. The summed E-state index contributed by atoms with van der Waals surface area (Å²) in [4.78, 5) is 20.6.